The Labute approximate surface area is 441 Å². The van der Waals surface area contributed by atoms with Crippen molar-refractivity contribution >= 4 is 66.4 Å². The third-order valence-electron chi connectivity index (χ3n) is 16.8. The van der Waals surface area contributed by atoms with E-state index in [-0.39, 0.29) is 10.8 Å². The van der Waals surface area contributed by atoms with Crippen LogP contribution in [-0.4, -0.2) is 0 Å². The lowest BCUT2D eigenvalue weighted by atomic mass is 9.77. The monoisotopic (exact) mass is 965 g/mol. The molecule has 10 aromatic rings. The molecular weight excluding hydrogens is 893 g/mol. The number of benzene rings is 10. The van der Waals surface area contributed by atoms with E-state index in [1.165, 1.54) is 175 Å². The van der Waals surface area contributed by atoms with Gasteiger partial charge in [0.2, 0.25) is 0 Å². The highest BCUT2D eigenvalue weighted by molar-refractivity contribution is 6.29. The Balaban J connectivity index is 1.22. The normalized spacial score (nSPS) is 15.1. The Hall–Kier alpha value is -7.16. The molecule has 2 fully saturated rings. The lowest BCUT2D eigenvalue weighted by Crippen LogP contribution is -2.20. The highest BCUT2D eigenvalue weighted by Gasteiger charge is 2.32. The molecule has 2 aliphatic rings. The largest absolute Gasteiger partial charge is 0.310 e. The first-order valence-corrected chi connectivity index (χ1v) is 27.9. The van der Waals surface area contributed by atoms with E-state index in [0.717, 1.165) is 0 Å². The van der Waals surface area contributed by atoms with Gasteiger partial charge in [-0.05, 0) is 163 Å². The fourth-order valence-corrected chi connectivity index (χ4v) is 13.2. The van der Waals surface area contributed by atoms with Gasteiger partial charge < -0.3 is 9.80 Å². The van der Waals surface area contributed by atoms with Gasteiger partial charge in [-0.25, -0.2) is 0 Å². The Morgan fingerprint density at radius 1 is 0.311 bits per heavy atom. The first-order chi connectivity index (χ1) is 36.0. The lowest BCUT2D eigenvalue weighted by molar-refractivity contribution is 0.445. The second-order valence-electron chi connectivity index (χ2n) is 23.7. The average Bonchev–Trinajstić information content (AvgIpc) is 3.45. The van der Waals surface area contributed by atoms with Gasteiger partial charge in [0, 0.05) is 22.1 Å². The summed E-state index contributed by atoms with van der Waals surface area (Å²) >= 11 is 0. The molecule has 0 amide bonds. The maximum Gasteiger partial charge on any atom is 0.0543 e. The van der Waals surface area contributed by atoms with E-state index < -0.39 is 0 Å². The molecule has 0 atom stereocenters. The van der Waals surface area contributed by atoms with Gasteiger partial charge >= 0.3 is 0 Å². The Kier molecular flexibility index (Phi) is 12.7. The van der Waals surface area contributed by atoms with Crippen LogP contribution in [0.5, 0.6) is 0 Å². The highest BCUT2D eigenvalue weighted by Crippen LogP contribution is 2.55. The Bertz CT molecular complexity index is 3330. The summed E-state index contributed by atoms with van der Waals surface area (Å²) in [5.74, 6) is 0.964. The topological polar surface area (TPSA) is 6.48 Å². The van der Waals surface area contributed by atoms with E-state index in [0.29, 0.717) is 11.8 Å². The van der Waals surface area contributed by atoms with E-state index in [4.69, 9.17) is 0 Å². The van der Waals surface area contributed by atoms with Gasteiger partial charge in [0.15, 0.2) is 0 Å². The number of hydrogen-bond donors (Lipinski definition) is 0. The molecule has 0 radical (unpaired) electrons. The van der Waals surface area contributed by atoms with E-state index >= 15 is 0 Å². The predicted molar refractivity (Wildman–Crippen MR) is 319 cm³/mol. The van der Waals surface area contributed by atoms with Crippen LogP contribution in [0.15, 0.2) is 194 Å². The van der Waals surface area contributed by atoms with Crippen molar-refractivity contribution in [2.75, 3.05) is 9.80 Å². The van der Waals surface area contributed by atoms with Crippen LogP contribution >= 0.6 is 0 Å². The van der Waals surface area contributed by atoms with Crippen LogP contribution in [0.3, 0.4) is 0 Å². The van der Waals surface area contributed by atoms with E-state index in [1.807, 2.05) is 0 Å². The molecule has 0 bridgehead atoms. The molecule has 10 aromatic carbocycles. The summed E-state index contributed by atoms with van der Waals surface area (Å²) in [7, 11) is 0. The molecular formula is C72H72N2. The molecule has 0 aliphatic heterocycles. The first-order valence-electron chi connectivity index (χ1n) is 27.9. The summed E-state index contributed by atoms with van der Waals surface area (Å²) in [4.78, 5) is 5.30. The molecule has 12 rings (SSSR count). The van der Waals surface area contributed by atoms with E-state index in [2.05, 4.69) is 245 Å². The number of nitrogens with zero attached hydrogens (tertiary/aromatic N) is 2. The minimum absolute atomic E-state index is 0.123. The second-order valence-corrected chi connectivity index (χ2v) is 23.7. The Morgan fingerprint density at radius 2 is 0.649 bits per heavy atom. The zero-order chi connectivity index (χ0) is 50.6. The predicted octanol–water partition coefficient (Wildman–Crippen LogP) is 21.5. The van der Waals surface area contributed by atoms with Crippen LogP contribution in [0.25, 0.3) is 54.6 Å². The van der Waals surface area contributed by atoms with Crippen LogP contribution < -0.4 is 9.80 Å². The van der Waals surface area contributed by atoms with E-state index in [1.54, 1.807) is 0 Å². The SMILES string of the molecule is CC(C)(C)c1ccc(-c2ccccc2)cc1N(c1ccccc1)c1cc(C2CCCCC2)c2ccc3c(N(c4ccccc4)c4cc(-c5ccccc5)ccc4C(C)(C)C)cc(C4CCCCC4)c4ccc1c2c43. The molecule has 0 spiro atoms. The van der Waals surface area contributed by atoms with Crippen molar-refractivity contribution in [2.45, 2.75) is 128 Å². The van der Waals surface area contributed by atoms with Gasteiger partial charge in [0.25, 0.3) is 0 Å². The smallest absolute Gasteiger partial charge is 0.0543 e. The maximum atomic E-state index is 2.65. The quantitative estimate of drug-likeness (QED) is 0.126. The average molecular weight is 965 g/mol. The molecule has 2 heteroatoms. The van der Waals surface area contributed by atoms with Gasteiger partial charge in [0.1, 0.15) is 0 Å². The summed E-state index contributed by atoms with van der Waals surface area (Å²) in [5, 5.41) is 8.30. The van der Waals surface area contributed by atoms with Crippen molar-refractivity contribution in [1.29, 1.82) is 0 Å². The van der Waals surface area contributed by atoms with Crippen LogP contribution in [0.1, 0.15) is 140 Å². The summed E-state index contributed by atoms with van der Waals surface area (Å²) in [5.41, 5.74) is 17.7. The standard InChI is InChI=1S/C72H72N2/c1-71(2,3)63-43-37-53(49-25-13-7-14-26-49)45-67(63)73(55-33-21-11-22-34-55)65-47-61(51-29-17-9-18-30-51)57-40-42-60-66(48-62(52-31-19-10-20-32-52)58-39-41-59(65)69(57)70(58)60)74(56-35-23-12-24-36-56)68-46-54(50-27-15-8-16-28-50)38-44-64(68)72(4,5)6/h7-8,11-16,21-28,33-48,51-52H,9-10,17-20,29-32H2,1-6H3. The van der Waals surface area contributed by atoms with Crippen LogP contribution in [0.2, 0.25) is 0 Å². The molecule has 2 saturated carbocycles. The third-order valence-corrected chi connectivity index (χ3v) is 16.8. The summed E-state index contributed by atoms with van der Waals surface area (Å²) in [6, 6.07) is 74.3. The number of rotatable bonds is 10. The van der Waals surface area contributed by atoms with Gasteiger partial charge in [-0.1, -0.05) is 226 Å². The van der Waals surface area contributed by atoms with E-state index in [9.17, 15) is 0 Å². The van der Waals surface area contributed by atoms with Gasteiger partial charge in [-0.3, -0.25) is 0 Å². The highest BCUT2D eigenvalue weighted by atomic mass is 15.2. The fraction of sp³-hybridized carbons (Fsp3) is 0.278. The lowest BCUT2D eigenvalue weighted by Gasteiger charge is -2.36. The number of hydrogen-bond acceptors (Lipinski definition) is 2. The maximum absolute atomic E-state index is 2.65. The molecule has 0 unspecified atom stereocenters. The van der Waals surface area contributed by atoms with Crippen molar-refractivity contribution in [1.82, 2.24) is 0 Å². The zero-order valence-corrected chi connectivity index (χ0v) is 44.6. The summed E-state index contributed by atoms with van der Waals surface area (Å²) in [6.45, 7) is 14.3. The third kappa shape index (κ3) is 8.85. The molecule has 0 heterocycles. The van der Waals surface area contributed by atoms with Gasteiger partial charge in [-0.15, -0.1) is 0 Å². The van der Waals surface area contributed by atoms with Crippen molar-refractivity contribution in [3.63, 3.8) is 0 Å². The van der Waals surface area contributed by atoms with Crippen LogP contribution in [0.4, 0.5) is 34.1 Å². The molecule has 0 N–H and O–H groups in total. The zero-order valence-electron chi connectivity index (χ0n) is 44.6. The second kappa shape index (κ2) is 19.6. The van der Waals surface area contributed by atoms with Crippen molar-refractivity contribution in [2.24, 2.45) is 0 Å². The molecule has 2 aliphatic carbocycles. The Morgan fingerprint density at radius 3 is 1.00 bits per heavy atom. The van der Waals surface area contributed by atoms with Crippen LogP contribution in [-0.2, 0) is 10.8 Å². The number of anilines is 6. The molecule has 0 aromatic heterocycles. The minimum Gasteiger partial charge on any atom is -0.310 e. The van der Waals surface area contributed by atoms with Crippen molar-refractivity contribution in [3.05, 3.63) is 216 Å². The first kappa shape index (κ1) is 47.8. The minimum atomic E-state index is -0.123. The molecule has 74 heavy (non-hydrogen) atoms. The number of para-hydroxylation sites is 2. The summed E-state index contributed by atoms with van der Waals surface area (Å²) in [6.07, 6.45) is 12.6. The van der Waals surface area contributed by atoms with Crippen molar-refractivity contribution < 1.29 is 0 Å². The van der Waals surface area contributed by atoms with Gasteiger partial charge in [-0.2, -0.15) is 0 Å². The molecule has 370 valence electrons. The van der Waals surface area contributed by atoms with Crippen LogP contribution in [0, 0.1) is 0 Å². The van der Waals surface area contributed by atoms with Gasteiger partial charge in [0.05, 0.1) is 22.7 Å². The molecule has 0 saturated heterocycles. The fourth-order valence-electron chi connectivity index (χ4n) is 13.2. The van der Waals surface area contributed by atoms with Crippen molar-refractivity contribution in [3.8, 4) is 22.3 Å². The summed E-state index contributed by atoms with van der Waals surface area (Å²) < 4.78 is 0. The molecule has 2 nitrogen and oxygen atoms in total.